The second-order valence-electron chi connectivity index (χ2n) is 6.56. The van der Waals surface area contributed by atoms with Crippen molar-refractivity contribution in [2.24, 2.45) is 11.7 Å². The summed E-state index contributed by atoms with van der Waals surface area (Å²) in [5.74, 6) is -0.683. The highest BCUT2D eigenvalue weighted by atomic mass is 32.2. The van der Waals surface area contributed by atoms with Crippen LogP contribution in [0.25, 0.3) is 0 Å². The fourth-order valence-electron chi connectivity index (χ4n) is 3.42. The number of hydrogen-bond acceptors (Lipinski definition) is 6. The average Bonchev–Trinajstić information content (AvgIpc) is 3.21. The highest BCUT2D eigenvalue weighted by Crippen LogP contribution is 2.48. The van der Waals surface area contributed by atoms with Crippen LogP contribution in [0.3, 0.4) is 0 Å². The first-order valence-electron chi connectivity index (χ1n) is 8.05. The number of nitrogens with one attached hydrogen (secondary N) is 1. The molecular formula is C16H21N3O5S. The molecule has 1 aliphatic heterocycles. The monoisotopic (exact) mass is 367 g/mol. The number of fused-ring (bicyclic) bond motifs is 1. The summed E-state index contributed by atoms with van der Waals surface area (Å²) in [4.78, 5) is 26.3. The van der Waals surface area contributed by atoms with Gasteiger partial charge in [-0.3, -0.25) is 9.59 Å². The lowest BCUT2D eigenvalue weighted by atomic mass is 10.1. The Hall–Kier alpha value is -2.13. The number of hydrogen-bond donors (Lipinski definition) is 3. The van der Waals surface area contributed by atoms with Crippen LogP contribution in [0.2, 0.25) is 0 Å². The van der Waals surface area contributed by atoms with Gasteiger partial charge in [0.25, 0.3) is 5.91 Å². The van der Waals surface area contributed by atoms with Gasteiger partial charge in [-0.1, -0.05) is 0 Å². The fourth-order valence-corrected chi connectivity index (χ4v) is 4.06. The van der Waals surface area contributed by atoms with Gasteiger partial charge in [-0.25, -0.2) is 8.42 Å². The second-order valence-corrected chi connectivity index (χ2v) is 8.58. The number of rotatable bonds is 6. The summed E-state index contributed by atoms with van der Waals surface area (Å²) < 4.78 is 23.7. The molecule has 2 fully saturated rings. The number of amides is 2. The molecule has 8 nitrogen and oxygen atoms in total. The van der Waals surface area contributed by atoms with E-state index < -0.39 is 27.7 Å². The van der Waals surface area contributed by atoms with Crippen LogP contribution >= 0.6 is 0 Å². The summed E-state index contributed by atoms with van der Waals surface area (Å²) in [7, 11) is -3.49. The Balaban J connectivity index is 2.00. The standard InChI is InChI=1S/C16H21N3O5S/c1-25(23,24)10-2-3-12(18-4-5-20)11(8-10)16(22)19-13-6-9(13)7-14(19)15(17)21/h2-3,8-9,13-14,18,20H,4-7H2,1H3,(H2,17,21). The molecule has 1 aliphatic carbocycles. The van der Waals surface area contributed by atoms with Crippen molar-refractivity contribution in [2.75, 3.05) is 24.7 Å². The quantitative estimate of drug-likeness (QED) is 0.626. The minimum atomic E-state index is -3.49. The maximum atomic E-state index is 13.1. The summed E-state index contributed by atoms with van der Waals surface area (Å²) in [6, 6.07) is 3.53. The SMILES string of the molecule is CS(=O)(=O)c1ccc(NCCO)c(C(=O)N2C(C(N)=O)CC3CC32)c1. The van der Waals surface area contributed by atoms with E-state index in [1.807, 2.05) is 0 Å². The molecule has 3 unspecified atom stereocenters. The molecule has 0 spiro atoms. The first kappa shape index (κ1) is 17.7. The van der Waals surface area contributed by atoms with E-state index in [1.165, 1.54) is 23.1 Å². The molecule has 9 heteroatoms. The lowest BCUT2D eigenvalue weighted by Gasteiger charge is -2.26. The molecule has 0 bridgehead atoms. The van der Waals surface area contributed by atoms with Crippen LogP contribution in [0.1, 0.15) is 23.2 Å². The van der Waals surface area contributed by atoms with E-state index in [9.17, 15) is 18.0 Å². The van der Waals surface area contributed by atoms with E-state index in [0.29, 0.717) is 12.1 Å². The molecule has 1 saturated carbocycles. The number of anilines is 1. The highest BCUT2D eigenvalue weighted by Gasteiger charge is 2.55. The predicted molar refractivity (Wildman–Crippen MR) is 90.8 cm³/mol. The second kappa shape index (κ2) is 6.30. The molecule has 2 aliphatic rings. The normalized spacial score (nSPS) is 24.7. The zero-order valence-corrected chi connectivity index (χ0v) is 14.6. The fraction of sp³-hybridized carbons (Fsp3) is 0.500. The molecule has 25 heavy (non-hydrogen) atoms. The van der Waals surface area contributed by atoms with E-state index in [1.54, 1.807) is 0 Å². The van der Waals surface area contributed by atoms with E-state index in [2.05, 4.69) is 5.32 Å². The Bertz CT molecular complexity index is 823. The summed E-state index contributed by atoms with van der Waals surface area (Å²) in [6.07, 6.45) is 2.45. The smallest absolute Gasteiger partial charge is 0.256 e. The van der Waals surface area contributed by atoms with E-state index >= 15 is 0 Å². The number of carbonyl (C=O) groups excluding carboxylic acids is 2. The number of benzene rings is 1. The molecule has 1 saturated heterocycles. The summed E-state index contributed by atoms with van der Waals surface area (Å²) in [6.45, 7) is 0.0730. The molecule has 2 amide bonds. The third-order valence-corrected chi connectivity index (χ3v) is 5.85. The molecule has 0 aromatic heterocycles. The molecule has 1 aromatic rings. The van der Waals surface area contributed by atoms with Gasteiger partial charge in [0.15, 0.2) is 9.84 Å². The van der Waals surface area contributed by atoms with Gasteiger partial charge in [-0.05, 0) is 37.0 Å². The Kier molecular flexibility index (Phi) is 4.46. The lowest BCUT2D eigenvalue weighted by Crippen LogP contribution is -2.46. The topological polar surface area (TPSA) is 130 Å². The van der Waals surface area contributed by atoms with Crippen molar-refractivity contribution in [1.82, 2.24) is 4.90 Å². The van der Waals surface area contributed by atoms with Crippen molar-refractivity contribution in [3.63, 3.8) is 0 Å². The average molecular weight is 367 g/mol. The minimum Gasteiger partial charge on any atom is -0.395 e. The largest absolute Gasteiger partial charge is 0.395 e. The van der Waals surface area contributed by atoms with E-state index in [0.717, 1.165) is 12.7 Å². The van der Waals surface area contributed by atoms with Gasteiger partial charge >= 0.3 is 0 Å². The van der Waals surface area contributed by atoms with Crippen molar-refractivity contribution >= 4 is 27.3 Å². The molecular weight excluding hydrogens is 346 g/mol. The van der Waals surface area contributed by atoms with Crippen LogP contribution in [0.4, 0.5) is 5.69 Å². The van der Waals surface area contributed by atoms with Gasteiger partial charge in [-0.2, -0.15) is 0 Å². The number of sulfone groups is 1. The number of nitrogens with two attached hydrogens (primary N) is 1. The third-order valence-electron chi connectivity index (χ3n) is 4.74. The molecule has 4 N–H and O–H groups in total. The Labute approximate surface area is 145 Å². The van der Waals surface area contributed by atoms with Crippen molar-refractivity contribution in [2.45, 2.75) is 29.8 Å². The first-order chi connectivity index (χ1) is 11.7. The van der Waals surface area contributed by atoms with E-state index in [4.69, 9.17) is 10.8 Å². The predicted octanol–water partition coefficient (Wildman–Crippen LogP) is -0.417. The van der Waals surface area contributed by atoms with Crippen LogP contribution in [0.5, 0.6) is 0 Å². The Morgan fingerprint density at radius 3 is 2.68 bits per heavy atom. The Morgan fingerprint density at radius 2 is 2.08 bits per heavy atom. The molecule has 3 rings (SSSR count). The number of nitrogens with zero attached hydrogens (tertiary/aromatic N) is 1. The van der Waals surface area contributed by atoms with Crippen molar-refractivity contribution in [1.29, 1.82) is 0 Å². The van der Waals surface area contributed by atoms with Gasteiger partial charge in [0, 0.05) is 24.5 Å². The molecule has 136 valence electrons. The number of aliphatic hydroxyl groups excluding tert-OH is 1. The van der Waals surface area contributed by atoms with Crippen molar-refractivity contribution in [3.05, 3.63) is 23.8 Å². The van der Waals surface area contributed by atoms with Crippen LogP contribution in [-0.4, -0.2) is 61.7 Å². The molecule has 1 heterocycles. The van der Waals surface area contributed by atoms with Gasteiger partial charge in [0.2, 0.25) is 5.91 Å². The van der Waals surface area contributed by atoms with Gasteiger partial charge in [0.1, 0.15) is 6.04 Å². The summed E-state index contributed by atoms with van der Waals surface area (Å²) in [5.41, 5.74) is 6.00. The summed E-state index contributed by atoms with van der Waals surface area (Å²) in [5, 5.41) is 11.9. The van der Waals surface area contributed by atoms with Crippen LogP contribution < -0.4 is 11.1 Å². The van der Waals surface area contributed by atoms with Crippen LogP contribution in [-0.2, 0) is 14.6 Å². The number of primary amides is 1. The molecule has 1 aromatic carbocycles. The number of carbonyl (C=O) groups is 2. The first-order valence-corrected chi connectivity index (χ1v) is 9.94. The van der Waals surface area contributed by atoms with Gasteiger partial charge in [0.05, 0.1) is 17.1 Å². The zero-order chi connectivity index (χ0) is 18.4. The molecule has 3 atom stereocenters. The zero-order valence-electron chi connectivity index (χ0n) is 13.8. The third kappa shape index (κ3) is 3.34. The van der Waals surface area contributed by atoms with Crippen molar-refractivity contribution in [3.8, 4) is 0 Å². The Morgan fingerprint density at radius 1 is 1.36 bits per heavy atom. The van der Waals surface area contributed by atoms with Crippen LogP contribution in [0.15, 0.2) is 23.1 Å². The minimum absolute atomic E-state index is 0.0161. The summed E-state index contributed by atoms with van der Waals surface area (Å²) >= 11 is 0. The highest BCUT2D eigenvalue weighted by molar-refractivity contribution is 7.90. The van der Waals surface area contributed by atoms with Gasteiger partial charge < -0.3 is 21.1 Å². The maximum Gasteiger partial charge on any atom is 0.256 e. The lowest BCUT2D eigenvalue weighted by molar-refractivity contribution is -0.122. The van der Waals surface area contributed by atoms with E-state index in [-0.39, 0.29) is 35.6 Å². The van der Waals surface area contributed by atoms with Crippen molar-refractivity contribution < 1.29 is 23.1 Å². The number of aliphatic hydroxyl groups is 1. The van der Waals surface area contributed by atoms with Crippen LogP contribution in [0, 0.1) is 5.92 Å². The number of piperidine rings is 1. The maximum absolute atomic E-state index is 13.1. The molecule has 0 radical (unpaired) electrons. The number of likely N-dealkylation sites (tertiary alicyclic amines) is 1. The van der Waals surface area contributed by atoms with Gasteiger partial charge in [-0.15, -0.1) is 0 Å².